The van der Waals surface area contributed by atoms with Gasteiger partial charge in [-0.2, -0.15) is 0 Å². The number of ether oxygens (including phenoxy) is 1. The second-order valence-corrected chi connectivity index (χ2v) is 6.38. The molecule has 0 bridgehead atoms. The van der Waals surface area contributed by atoms with Crippen molar-refractivity contribution in [1.82, 2.24) is 9.80 Å². The number of rotatable bonds is 8. The summed E-state index contributed by atoms with van der Waals surface area (Å²) in [4.78, 5) is 28.4. The summed E-state index contributed by atoms with van der Waals surface area (Å²) in [5.41, 5.74) is 1.13. The van der Waals surface area contributed by atoms with Crippen molar-refractivity contribution in [3.8, 4) is 18.1 Å². The van der Waals surface area contributed by atoms with E-state index in [1.54, 1.807) is 23.0 Å². The maximum atomic E-state index is 12.7. The first-order valence-corrected chi connectivity index (χ1v) is 8.83. The van der Waals surface area contributed by atoms with Crippen LogP contribution >= 0.6 is 0 Å². The van der Waals surface area contributed by atoms with E-state index in [0.717, 1.165) is 17.7 Å². The van der Waals surface area contributed by atoms with Crippen LogP contribution in [0.2, 0.25) is 0 Å². The zero-order valence-electron chi connectivity index (χ0n) is 15.3. The summed E-state index contributed by atoms with van der Waals surface area (Å²) in [6.07, 6.45) is 8.75. The van der Waals surface area contributed by atoms with Gasteiger partial charge in [0.1, 0.15) is 5.75 Å². The van der Waals surface area contributed by atoms with Crippen LogP contribution in [-0.2, 0) is 16.0 Å². The highest BCUT2D eigenvalue weighted by molar-refractivity contribution is 5.84. The summed E-state index contributed by atoms with van der Waals surface area (Å²) in [5.74, 6) is 3.24. The molecule has 0 aromatic heterocycles. The van der Waals surface area contributed by atoms with Crippen molar-refractivity contribution in [3.63, 3.8) is 0 Å². The van der Waals surface area contributed by atoms with Gasteiger partial charge < -0.3 is 14.5 Å². The number of carbonyl (C=O) groups is 2. The average molecular weight is 354 g/mol. The average Bonchev–Trinajstić information content (AvgIpc) is 2.67. The fourth-order valence-electron chi connectivity index (χ4n) is 3.15. The van der Waals surface area contributed by atoms with E-state index in [1.807, 2.05) is 24.3 Å². The van der Waals surface area contributed by atoms with E-state index in [4.69, 9.17) is 11.2 Å². The van der Waals surface area contributed by atoms with Crippen LogP contribution in [0.1, 0.15) is 18.4 Å². The van der Waals surface area contributed by atoms with Gasteiger partial charge in [-0.05, 0) is 30.5 Å². The van der Waals surface area contributed by atoms with Crippen molar-refractivity contribution >= 4 is 11.8 Å². The summed E-state index contributed by atoms with van der Waals surface area (Å²) in [7, 11) is 1.63. The standard InChI is InChI=1S/C21H26N2O3/c1-4-13-22(14-5-2)21(25)18-8-11-20(24)23(16-18)15-12-17-6-9-19(26-3)10-7-17/h1,5-7,9-10,18H,2,8,11-16H2,3H3/t18-/m1/s1. The Bertz CT molecular complexity index is 675. The van der Waals surface area contributed by atoms with Gasteiger partial charge in [-0.3, -0.25) is 9.59 Å². The Morgan fingerprint density at radius 2 is 2.19 bits per heavy atom. The van der Waals surface area contributed by atoms with Gasteiger partial charge in [-0.25, -0.2) is 0 Å². The van der Waals surface area contributed by atoms with Crippen LogP contribution < -0.4 is 4.74 Å². The van der Waals surface area contributed by atoms with Gasteiger partial charge in [-0.15, -0.1) is 13.0 Å². The first-order valence-electron chi connectivity index (χ1n) is 8.83. The van der Waals surface area contributed by atoms with Crippen molar-refractivity contribution < 1.29 is 14.3 Å². The van der Waals surface area contributed by atoms with E-state index in [1.165, 1.54) is 0 Å². The lowest BCUT2D eigenvalue weighted by molar-refractivity contribution is -0.142. The van der Waals surface area contributed by atoms with Crippen LogP contribution in [0.15, 0.2) is 36.9 Å². The number of methoxy groups -OCH3 is 1. The molecule has 1 saturated heterocycles. The lowest BCUT2D eigenvalue weighted by Crippen LogP contribution is -2.47. The molecule has 26 heavy (non-hydrogen) atoms. The highest BCUT2D eigenvalue weighted by Gasteiger charge is 2.32. The molecular weight excluding hydrogens is 328 g/mol. The van der Waals surface area contributed by atoms with Crippen molar-refractivity contribution in [1.29, 1.82) is 0 Å². The predicted molar refractivity (Wildman–Crippen MR) is 102 cm³/mol. The third-order valence-corrected chi connectivity index (χ3v) is 4.62. The Hall–Kier alpha value is -2.74. The largest absolute Gasteiger partial charge is 0.497 e. The molecule has 0 saturated carbocycles. The van der Waals surface area contributed by atoms with Gasteiger partial charge in [0.15, 0.2) is 0 Å². The Morgan fingerprint density at radius 1 is 1.46 bits per heavy atom. The molecule has 1 aliphatic heterocycles. The summed E-state index contributed by atoms with van der Waals surface area (Å²) >= 11 is 0. The topological polar surface area (TPSA) is 49.9 Å². The third-order valence-electron chi connectivity index (χ3n) is 4.62. The van der Waals surface area contributed by atoms with Gasteiger partial charge in [0.25, 0.3) is 0 Å². The maximum absolute atomic E-state index is 12.7. The fourth-order valence-corrected chi connectivity index (χ4v) is 3.15. The summed E-state index contributed by atoms with van der Waals surface area (Å²) in [6, 6.07) is 7.81. The summed E-state index contributed by atoms with van der Waals surface area (Å²) in [5, 5.41) is 0. The minimum atomic E-state index is -0.197. The van der Waals surface area contributed by atoms with E-state index in [2.05, 4.69) is 12.5 Å². The Morgan fingerprint density at radius 3 is 2.81 bits per heavy atom. The molecule has 138 valence electrons. The molecule has 0 unspecified atom stereocenters. The number of amides is 2. The molecule has 0 N–H and O–H groups in total. The quantitative estimate of drug-likeness (QED) is 0.531. The van der Waals surface area contributed by atoms with Crippen LogP contribution in [0.4, 0.5) is 0 Å². The number of hydrogen-bond acceptors (Lipinski definition) is 3. The van der Waals surface area contributed by atoms with Gasteiger partial charge >= 0.3 is 0 Å². The number of carbonyl (C=O) groups excluding carboxylic acids is 2. The number of nitrogens with zero attached hydrogens (tertiary/aromatic N) is 2. The maximum Gasteiger partial charge on any atom is 0.228 e. The molecule has 0 spiro atoms. The van der Waals surface area contributed by atoms with Crippen LogP contribution in [0.25, 0.3) is 0 Å². The van der Waals surface area contributed by atoms with Crippen molar-refractivity contribution in [2.24, 2.45) is 5.92 Å². The second kappa shape index (κ2) is 9.67. The van der Waals surface area contributed by atoms with Crippen molar-refractivity contribution in [2.45, 2.75) is 19.3 Å². The first kappa shape index (κ1) is 19.6. The molecule has 1 aliphatic rings. The van der Waals surface area contributed by atoms with Crippen molar-refractivity contribution in [2.75, 3.05) is 33.3 Å². The monoisotopic (exact) mass is 354 g/mol. The number of hydrogen-bond donors (Lipinski definition) is 0. The molecule has 5 nitrogen and oxygen atoms in total. The molecule has 0 aliphatic carbocycles. The Balaban J connectivity index is 1.95. The number of piperidine rings is 1. The highest BCUT2D eigenvalue weighted by Crippen LogP contribution is 2.21. The number of benzene rings is 1. The molecule has 1 aromatic carbocycles. The van der Waals surface area contributed by atoms with E-state index in [9.17, 15) is 9.59 Å². The molecule has 1 fully saturated rings. The van der Waals surface area contributed by atoms with Gasteiger partial charge in [0.2, 0.25) is 11.8 Å². The Kier molecular flexibility index (Phi) is 7.28. The normalized spacial score (nSPS) is 16.7. The molecule has 2 rings (SSSR count). The van der Waals surface area contributed by atoms with Gasteiger partial charge in [-0.1, -0.05) is 24.1 Å². The number of terminal acetylenes is 1. The zero-order valence-corrected chi connectivity index (χ0v) is 15.3. The van der Waals surface area contributed by atoms with Crippen molar-refractivity contribution in [3.05, 3.63) is 42.5 Å². The highest BCUT2D eigenvalue weighted by atomic mass is 16.5. The van der Waals surface area contributed by atoms with Crippen LogP contribution in [0.5, 0.6) is 5.75 Å². The molecule has 2 amide bonds. The second-order valence-electron chi connectivity index (χ2n) is 6.38. The summed E-state index contributed by atoms with van der Waals surface area (Å²) < 4.78 is 5.16. The lowest BCUT2D eigenvalue weighted by atomic mass is 9.95. The molecule has 1 atom stereocenters. The SMILES string of the molecule is C#CCN(CC=C)C(=O)[C@@H]1CCC(=O)N(CCc2ccc(OC)cc2)C1. The third kappa shape index (κ3) is 5.13. The molecule has 1 aromatic rings. The van der Waals surface area contributed by atoms with E-state index < -0.39 is 0 Å². The zero-order chi connectivity index (χ0) is 18.9. The van der Waals surface area contributed by atoms with E-state index >= 15 is 0 Å². The van der Waals surface area contributed by atoms with E-state index in [-0.39, 0.29) is 24.3 Å². The predicted octanol–water partition coefficient (Wildman–Crippen LogP) is 2.12. The van der Waals surface area contributed by atoms with Gasteiger partial charge in [0.05, 0.1) is 19.6 Å². The minimum absolute atomic E-state index is 0.00444. The molecule has 1 heterocycles. The molecule has 0 radical (unpaired) electrons. The summed E-state index contributed by atoms with van der Waals surface area (Å²) in [6.45, 7) is 5.42. The minimum Gasteiger partial charge on any atom is -0.497 e. The van der Waals surface area contributed by atoms with Crippen LogP contribution in [-0.4, -0.2) is 54.9 Å². The first-order chi connectivity index (χ1) is 12.6. The Labute approximate surface area is 155 Å². The fraction of sp³-hybridized carbons (Fsp3) is 0.429. The smallest absolute Gasteiger partial charge is 0.228 e. The molecular formula is C21H26N2O3. The lowest BCUT2D eigenvalue weighted by Gasteiger charge is -2.34. The van der Waals surface area contributed by atoms with E-state index in [0.29, 0.717) is 32.5 Å². The number of likely N-dealkylation sites (tertiary alicyclic amines) is 1. The molecule has 5 heteroatoms. The van der Waals surface area contributed by atoms with Crippen LogP contribution in [0, 0.1) is 18.3 Å². The van der Waals surface area contributed by atoms with Gasteiger partial charge in [0, 0.05) is 26.1 Å². The van der Waals surface area contributed by atoms with Crippen LogP contribution in [0.3, 0.4) is 0 Å².